The number of aliphatic hydroxyl groups excluding tert-OH is 1. The highest BCUT2D eigenvalue weighted by molar-refractivity contribution is 7.11. The Morgan fingerprint density at radius 3 is 2.79 bits per heavy atom. The standard InChI is InChI=1S/C23H23N3O2S/c1-28-18-11-5-10-17(13-18)19-15-29-23(25-19)21-20(27)14-26(22(21)24)12-6-9-16-7-3-2-4-8-16/h2-5,7-8,10-11,13,15,24,27H,6,9,12,14H2,1H3. The van der Waals surface area contributed by atoms with Crippen LogP contribution < -0.4 is 4.74 Å². The number of ether oxygens (including phenoxy) is 1. The number of aliphatic hydroxyl groups is 1. The Kier molecular flexibility index (Phi) is 5.62. The summed E-state index contributed by atoms with van der Waals surface area (Å²) in [5.74, 6) is 1.35. The van der Waals surface area contributed by atoms with Gasteiger partial charge in [-0.25, -0.2) is 4.98 Å². The topological polar surface area (TPSA) is 69.4 Å². The second-order valence-corrected chi connectivity index (χ2v) is 7.81. The second kappa shape index (κ2) is 8.49. The van der Waals surface area contributed by atoms with E-state index in [1.165, 1.54) is 16.9 Å². The number of benzene rings is 2. The molecule has 4 rings (SSSR count). The lowest BCUT2D eigenvalue weighted by Gasteiger charge is -2.18. The first-order valence-corrected chi connectivity index (χ1v) is 10.4. The molecule has 0 saturated carbocycles. The lowest BCUT2D eigenvalue weighted by Crippen LogP contribution is -2.28. The molecular formula is C23H23N3O2S. The van der Waals surface area contributed by atoms with Gasteiger partial charge in [-0.3, -0.25) is 5.41 Å². The molecule has 148 valence electrons. The lowest BCUT2D eigenvalue weighted by atomic mass is 10.1. The Hall–Kier alpha value is -3.12. The molecule has 5 nitrogen and oxygen atoms in total. The Labute approximate surface area is 174 Å². The molecule has 3 aromatic rings. The molecule has 0 radical (unpaired) electrons. The average molecular weight is 406 g/mol. The molecule has 6 heteroatoms. The summed E-state index contributed by atoms with van der Waals surface area (Å²) in [4.78, 5) is 6.60. The third-order valence-corrected chi connectivity index (χ3v) is 5.86. The average Bonchev–Trinajstić information content (AvgIpc) is 3.33. The maximum Gasteiger partial charge on any atom is 0.135 e. The number of rotatable bonds is 7. The van der Waals surface area contributed by atoms with Gasteiger partial charge in [0, 0.05) is 17.5 Å². The van der Waals surface area contributed by atoms with Crippen molar-refractivity contribution in [2.24, 2.45) is 0 Å². The summed E-state index contributed by atoms with van der Waals surface area (Å²) in [6, 6.07) is 18.1. The van der Waals surface area contributed by atoms with Gasteiger partial charge in [-0.2, -0.15) is 0 Å². The molecule has 0 spiro atoms. The van der Waals surface area contributed by atoms with E-state index in [1.54, 1.807) is 7.11 Å². The number of aromatic nitrogens is 1. The van der Waals surface area contributed by atoms with E-state index < -0.39 is 0 Å². The van der Waals surface area contributed by atoms with Gasteiger partial charge in [-0.05, 0) is 30.5 Å². The van der Waals surface area contributed by atoms with E-state index in [4.69, 9.17) is 10.1 Å². The van der Waals surface area contributed by atoms with Crippen molar-refractivity contribution in [2.75, 3.05) is 20.2 Å². The van der Waals surface area contributed by atoms with Gasteiger partial charge in [0.05, 0.1) is 24.9 Å². The Balaban J connectivity index is 1.44. The van der Waals surface area contributed by atoms with Crippen molar-refractivity contribution in [3.05, 3.63) is 76.3 Å². The summed E-state index contributed by atoms with van der Waals surface area (Å²) in [5.41, 5.74) is 3.61. The zero-order valence-electron chi connectivity index (χ0n) is 16.3. The maximum atomic E-state index is 10.5. The van der Waals surface area contributed by atoms with Crippen LogP contribution in [0.5, 0.6) is 5.75 Å². The molecule has 0 aliphatic carbocycles. The molecule has 0 amide bonds. The normalized spacial score (nSPS) is 14.0. The van der Waals surface area contributed by atoms with E-state index in [2.05, 4.69) is 17.1 Å². The Bertz CT molecular complexity index is 1040. The fourth-order valence-electron chi connectivity index (χ4n) is 3.47. The van der Waals surface area contributed by atoms with E-state index in [0.29, 0.717) is 23.0 Å². The van der Waals surface area contributed by atoms with E-state index >= 15 is 0 Å². The van der Waals surface area contributed by atoms with E-state index in [9.17, 15) is 5.11 Å². The minimum absolute atomic E-state index is 0.223. The van der Waals surface area contributed by atoms with Crippen LogP contribution in [0.25, 0.3) is 16.8 Å². The van der Waals surface area contributed by atoms with Crippen molar-refractivity contribution in [1.29, 1.82) is 5.41 Å². The predicted octanol–water partition coefficient (Wildman–Crippen LogP) is 5.01. The highest BCUT2D eigenvalue weighted by Crippen LogP contribution is 2.33. The van der Waals surface area contributed by atoms with Crippen LogP contribution in [0, 0.1) is 5.41 Å². The molecule has 2 aromatic carbocycles. The monoisotopic (exact) mass is 405 g/mol. The fourth-order valence-corrected chi connectivity index (χ4v) is 4.37. The summed E-state index contributed by atoms with van der Waals surface area (Å²) in [6.45, 7) is 1.10. The molecule has 2 heterocycles. The number of nitrogens with one attached hydrogen (secondary N) is 1. The fraction of sp³-hybridized carbons (Fsp3) is 0.217. The van der Waals surface area contributed by atoms with Crippen molar-refractivity contribution in [3.8, 4) is 17.0 Å². The molecule has 2 N–H and O–H groups in total. The quantitative estimate of drug-likeness (QED) is 0.579. The number of thiazole rings is 1. The van der Waals surface area contributed by atoms with Crippen molar-refractivity contribution >= 4 is 22.7 Å². The summed E-state index contributed by atoms with van der Waals surface area (Å²) in [5, 5.41) is 21.7. The van der Waals surface area contributed by atoms with Gasteiger partial charge < -0.3 is 14.7 Å². The number of aryl methyl sites for hydroxylation is 1. The molecule has 0 bridgehead atoms. The van der Waals surface area contributed by atoms with Crippen LogP contribution in [0.3, 0.4) is 0 Å². The first kappa shape index (κ1) is 19.2. The van der Waals surface area contributed by atoms with Crippen LogP contribution in [0.15, 0.2) is 65.7 Å². The number of methoxy groups -OCH3 is 1. The highest BCUT2D eigenvalue weighted by Gasteiger charge is 2.29. The molecule has 0 fully saturated rings. The van der Waals surface area contributed by atoms with E-state index in [0.717, 1.165) is 36.4 Å². The van der Waals surface area contributed by atoms with Gasteiger partial charge in [0.15, 0.2) is 0 Å². The highest BCUT2D eigenvalue weighted by atomic mass is 32.1. The lowest BCUT2D eigenvalue weighted by molar-refractivity contribution is 0.347. The van der Waals surface area contributed by atoms with Gasteiger partial charge in [-0.15, -0.1) is 11.3 Å². The number of amidine groups is 1. The van der Waals surface area contributed by atoms with Crippen LogP contribution in [0.1, 0.15) is 17.0 Å². The minimum atomic E-state index is 0.223. The first-order valence-electron chi connectivity index (χ1n) is 9.56. The molecule has 0 atom stereocenters. The molecule has 1 aliphatic heterocycles. The number of hydrogen-bond acceptors (Lipinski definition) is 5. The molecule has 1 aromatic heterocycles. The first-order chi connectivity index (χ1) is 14.2. The van der Waals surface area contributed by atoms with Gasteiger partial charge in [0.1, 0.15) is 22.4 Å². The third kappa shape index (κ3) is 4.17. The van der Waals surface area contributed by atoms with Crippen molar-refractivity contribution in [3.63, 3.8) is 0 Å². The third-order valence-electron chi connectivity index (χ3n) is 5.00. The second-order valence-electron chi connectivity index (χ2n) is 6.95. The molecule has 0 unspecified atom stereocenters. The van der Waals surface area contributed by atoms with Gasteiger partial charge in [-0.1, -0.05) is 42.5 Å². The van der Waals surface area contributed by atoms with Crippen LogP contribution in [0.4, 0.5) is 0 Å². The van der Waals surface area contributed by atoms with Crippen molar-refractivity contribution < 1.29 is 9.84 Å². The van der Waals surface area contributed by atoms with Crippen LogP contribution in [-0.2, 0) is 6.42 Å². The van der Waals surface area contributed by atoms with Crippen LogP contribution >= 0.6 is 11.3 Å². The van der Waals surface area contributed by atoms with Crippen LogP contribution in [-0.4, -0.2) is 41.0 Å². The molecular weight excluding hydrogens is 382 g/mol. The zero-order valence-corrected chi connectivity index (χ0v) is 17.1. The molecule has 1 aliphatic rings. The Morgan fingerprint density at radius 2 is 2.00 bits per heavy atom. The number of hydrogen-bond donors (Lipinski definition) is 2. The number of nitrogens with zero attached hydrogens (tertiary/aromatic N) is 2. The van der Waals surface area contributed by atoms with Crippen molar-refractivity contribution in [1.82, 2.24) is 9.88 Å². The largest absolute Gasteiger partial charge is 0.510 e. The zero-order chi connectivity index (χ0) is 20.2. The van der Waals surface area contributed by atoms with Gasteiger partial charge >= 0.3 is 0 Å². The maximum absolute atomic E-state index is 10.5. The van der Waals surface area contributed by atoms with Gasteiger partial charge in [0.25, 0.3) is 0 Å². The summed E-state index contributed by atoms with van der Waals surface area (Å²) in [7, 11) is 1.64. The van der Waals surface area contributed by atoms with Crippen LogP contribution in [0.2, 0.25) is 0 Å². The minimum Gasteiger partial charge on any atom is -0.510 e. The van der Waals surface area contributed by atoms with Gasteiger partial charge in [0.2, 0.25) is 0 Å². The smallest absolute Gasteiger partial charge is 0.135 e. The van der Waals surface area contributed by atoms with E-state index in [1.807, 2.05) is 52.7 Å². The molecule has 29 heavy (non-hydrogen) atoms. The van der Waals surface area contributed by atoms with Crippen molar-refractivity contribution in [2.45, 2.75) is 12.8 Å². The SMILES string of the molecule is COc1cccc(-c2csc(C3=C(O)CN(CCCc4ccccc4)C3=N)n2)c1. The summed E-state index contributed by atoms with van der Waals surface area (Å²) >= 11 is 1.45. The molecule has 0 saturated heterocycles. The Morgan fingerprint density at radius 1 is 1.17 bits per heavy atom. The summed E-state index contributed by atoms with van der Waals surface area (Å²) in [6.07, 6.45) is 1.89. The predicted molar refractivity (Wildman–Crippen MR) is 118 cm³/mol. The van der Waals surface area contributed by atoms with E-state index in [-0.39, 0.29) is 5.76 Å². The summed E-state index contributed by atoms with van der Waals surface area (Å²) < 4.78 is 5.29.